The number of hydrogen-bond acceptors (Lipinski definition) is 6. The minimum Gasteiger partial charge on any atom is -0.497 e. The van der Waals surface area contributed by atoms with Gasteiger partial charge in [0.05, 0.1) is 7.11 Å². The van der Waals surface area contributed by atoms with Crippen LogP contribution < -0.4 is 15.0 Å². The Balaban J connectivity index is 1.52. The van der Waals surface area contributed by atoms with Gasteiger partial charge in [0.1, 0.15) is 11.6 Å². The number of benzene rings is 1. The average molecular weight is 341 g/mol. The minimum absolute atomic E-state index is 0.708. The van der Waals surface area contributed by atoms with E-state index in [0.717, 1.165) is 44.0 Å². The van der Waals surface area contributed by atoms with Gasteiger partial charge in [-0.15, -0.1) is 0 Å². The van der Waals surface area contributed by atoms with Crippen LogP contribution in [0.2, 0.25) is 0 Å². The lowest BCUT2D eigenvalue weighted by molar-refractivity contribution is -0.118. The van der Waals surface area contributed by atoms with E-state index in [9.17, 15) is 4.79 Å². The molecular formula is C18H23N5O2. The second-order valence-corrected chi connectivity index (χ2v) is 5.90. The molecule has 25 heavy (non-hydrogen) atoms. The lowest BCUT2D eigenvalue weighted by Crippen LogP contribution is -2.46. The summed E-state index contributed by atoms with van der Waals surface area (Å²) in [5.74, 6) is 2.39. The van der Waals surface area contributed by atoms with Crippen molar-refractivity contribution in [1.82, 2.24) is 14.9 Å². The molecule has 132 valence electrons. The Morgan fingerprint density at radius 2 is 1.92 bits per heavy atom. The molecule has 7 nitrogen and oxygen atoms in total. The van der Waals surface area contributed by atoms with Gasteiger partial charge >= 0.3 is 0 Å². The molecule has 1 N–H and O–H groups in total. The number of aromatic nitrogens is 2. The Bertz CT molecular complexity index is 684. The Morgan fingerprint density at radius 1 is 1.16 bits per heavy atom. The average Bonchev–Trinajstić information content (AvgIpc) is 2.69. The van der Waals surface area contributed by atoms with Crippen LogP contribution in [-0.2, 0) is 11.2 Å². The van der Waals surface area contributed by atoms with Crippen molar-refractivity contribution >= 4 is 18.2 Å². The maximum absolute atomic E-state index is 10.8. The lowest BCUT2D eigenvalue weighted by Gasteiger charge is -2.32. The van der Waals surface area contributed by atoms with Crippen LogP contribution in [0, 0.1) is 0 Å². The van der Waals surface area contributed by atoms with Crippen molar-refractivity contribution in [1.29, 1.82) is 0 Å². The molecule has 1 amide bonds. The second kappa shape index (κ2) is 8.32. The van der Waals surface area contributed by atoms with Gasteiger partial charge in [0.15, 0.2) is 0 Å². The molecule has 7 heteroatoms. The topological polar surface area (TPSA) is 70.6 Å². The third-order valence-corrected chi connectivity index (χ3v) is 4.27. The summed E-state index contributed by atoms with van der Waals surface area (Å²) in [6, 6.07) is 9.95. The molecule has 0 bridgehead atoms. The van der Waals surface area contributed by atoms with Crippen LogP contribution in [0.15, 0.2) is 36.5 Å². The fourth-order valence-corrected chi connectivity index (χ4v) is 2.75. The summed E-state index contributed by atoms with van der Waals surface area (Å²) in [6.07, 6.45) is 3.57. The zero-order valence-electron chi connectivity index (χ0n) is 14.4. The molecule has 0 unspecified atom stereocenters. The number of carbonyl (C=O) groups excluding carboxylic acids is 1. The van der Waals surface area contributed by atoms with Gasteiger partial charge in [-0.05, 0) is 30.2 Å². The van der Waals surface area contributed by atoms with Crippen LogP contribution in [0.4, 0.5) is 11.8 Å². The summed E-state index contributed by atoms with van der Waals surface area (Å²) in [5, 5.41) is 3.35. The molecule has 3 rings (SSSR count). The maximum Gasteiger partial charge on any atom is 0.227 e. The first-order chi connectivity index (χ1) is 12.3. The number of piperazine rings is 1. The smallest absolute Gasteiger partial charge is 0.227 e. The van der Waals surface area contributed by atoms with E-state index in [2.05, 4.69) is 32.3 Å². The number of nitrogens with zero attached hydrogens (tertiary/aromatic N) is 4. The molecule has 1 aliphatic rings. The molecule has 0 radical (unpaired) electrons. The van der Waals surface area contributed by atoms with E-state index in [1.54, 1.807) is 18.2 Å². The summed E-state index contributed by atoms with van der Waals surface area (Å²) in [5.41, 5.74) is 1.24. The third-order valence-electron chi connectivity index (χ3n) is 4.27. The van der Waals surface area contributed by atoms with Crippen molar-refractivity contribution in [2.24, 2.45) is 0 Å². The molecule has 0 aliphatic carbocycles. The van der Waals surface area contributed by atoms with Gasteiger partial charge < -0.3 is 19.9 Å². The van der Waals surface area contributed by atoms with Crippen LogP contribution >= 0.6 is 0 Å². The quantitative estimate of drug-likeness (QED) is 0.768. The van der Waals surface area contributed by atoms with Crippen molar-refractivity contribution < 1.29 is 9.53 Å². The first-order valence-electron chi connectivity index (χ1n) is 8.42. The van der Waals surface area contributed by atoms with E-state index in [1.165, 1.54) is 5.56 Å². The standard InChI is InChI=1S/C18H23N5O2/c1-25-16-4-2-15(3-5-16)6-8-19-17-7-9-20-18(21-17)23-12-10-22(14-24)11-13-23/h2-5,7,9,14H,6,8,10-13H2,1H3,(H,19,20,21). The van der Waals surface area contributed by atoms with Crippen molar-refractivity contribution in [2.75, 3.05) is 50.1 Å². The Kier molecular flexibility index (Phi) is 5.66. The summed E-state index contributed by atoms with van der Waals surface area (Å²) in [4.78, 5) is 23.6. The first-order valence-corrected chi connectivity index (χ1v) is 8.42. The Morgan fingerprint density at radius 3 is 2.60 bits per heavy atom. The number of ether oxygens (including phenoxy) is 1. The van der Waals surface area contributed by atoms with Crippen LogP contribution in [0.5, 0.6) is 5.75 Å². The summed E-state index contributed by atoms with van der Waals surface area (Å²) < 4.78 is 5.17. The number of methoxy groups -OCH3 is 1. The highest BCUT2D eigenvalue weighted by Gasteiger charge is 2.17. The van der Waals surface area contributed by atoms with Gasteiger partial charge in [-0.1, -0.05) is 12.1 Å². The van der Waals surface area contributed by atoms with Gasteiger partial charge in [-0.3, -0.25) is 4.79 Å². The molecule has 0 atom stereocenters. The molecule has 2 heterocycles. The Hall–Kier alpha value is -2.83. The molecule has 1 aromatic heterocycles. The monoisotopic (exact) mass is 341 g/mol. The Labute approximate surface area is 147 Å². The van der Waals surface area contributed by atoms with Crippen LogP contribution in [0.1, 0.15) is 5.56 Å². The fourth-order valence-electron chi connectivity index (χ4n) is 2.75. The van der Waals surface area contributed by atoms with E-state index >= 15 is 0 Å². The predicted molar refractivity (Wildman–Crippen MR) is 97.1 cm³/mol. The van der Waals surface area contributed by atoms with Crippen molar-refractivity contribution in [3.63, 3.8) is 0 Å². The van der Waals surface area contributed by atoms with Crippen LogP contribution in [-0.4, -0.2) is 61.1 Å². The third kappa shape index (κ3) is 4.59. The fraction of sp³-hybridized carbons (Fsp3) is 0.389. The van der Waals surface area contributed by atoms with Gasteiger partial charge in [0.2, 0.25) is 12.4 Å². The summed E-state index contributed by atoms with van der Waals surface area (Å²) in [6.45, 7) is 3.73. The molecule has 1 fully saturated rings. The van der Waals surface area contributed by atoms with Crippen LogP contribution in [0.25, 0.3) is 0 Å². The number of hydrogen-bond donors (Lipinski definition) is 1. The predicted octanol–water partition coefficient (Wildman–Crippen LogP) is 1.42. The highest BCUT2D eigenvalue weighted by molar-refractivity contribution is 5.49. The first kappa shape index (κ1) is 17.0. The normalized spacial score (nSPS) is 14.3. The molecular weight excluding hydrogens is 318 g/mol. The van der Waals surface area contributed by atoms with Gasteiger partial charge in [0.25, 0.3) is 0 Å². The molecule has 0 spiro atoms. The van der Waals surface area contributed by atoms with Crippen molar-refractivity contribution in [2.45, 2.75) is 6.42 Å². The largest absolute Gasteiger partial charge is 0.497 e. The van der Waals surface area contributed by atoms with E-state index in [-0.39, 0.29) is 0 Å². The number of rotatable bonds is 7. The maximum atomic E-state index is 10.8. The van der Waals surface area contributed by atoms with E-state index in [4.69, 9.17) is 4.74 Å². The van der Waals surface area contributed by atoms with E-state index in [0.29, 0.717) is 19.0 Å². The number of amides is 1. The van der Waals surface area contributed by atoms with Crippen molar-refractivity contribution in [3.05, 3.63) is 42.1 Å². The lowest BCUT2D eigenvalue weighted by atomic mass is 10.1. The van der Waals surface area contributed by atoms with Gasteiger partial charge in [0, 0.05) is 38.9 Å². The van der Waals surface area contributed by atoms with Gasteiger partial charge in [-0.25, -0.2) is 4.98 Å². The van der Waals surface area contributed by atoms with Crippen molar-refractivity contribution in [3.8, 4) is 5.75 Å². The highest BCUT2D eigenvalue weighted by atomic mass is 16.5. The molecule has 0 saturated carbocycles. The number of anilines is 2. The van der Waals surface area contributed by atoms with Crippen LogP contribution in [0.3, 0.4) is 0 Å². The minimum atomic E-state index is 0.708. The number of carbonyl (C=O) groups is 1. The van der Waals surface area contributed by atoms with Gasteiger partial charge in [-0.2, -0.15) is 4.98 Å². The highest BCUT2D eigenvalue weighted by Crippen LogP contribution is 2.14. The van der Waals surface area contributed by atoms with E-state index < -0.39 is 0 Å². The number of nitrogens with one attached hydrogen (secondary N) is 1. The molecule has 1 saturated heterocycles. The summed E-state index contributed by atoms with van der Waals surface area (Å²) >= 11 is 0. The molecule has 1 aromatic carbocycles. The SMILES string of the molecule is COc1ccc(CCNc2ccnc(N3CCN(C=O)CC3)n2)cc1. The second-order valence-electron chi connectivity index (χ2n) is 5.90. The zero-order chi connectivity index (χ0) is 17.5. The summed E-state index contributed by atoms with van der Waals surface area (Å²) in [7, 11) is 1.67. The zero-order valence-corrected chi connectivity index (χ0v) is 14.4. The molecule has 1 aliphatic heterocycles. The molecule has 2 aromatic rings. The van der Waals surface area contributed by atoms with E-state index in [1.807, 2.05) is 18.2 Å².